The Morgan fingerprint density at radius 2 is 1.74 bits per heavy atom. The van der Waals surface area contributed by atoms with E-state index in [1.807, 2.05) is 0 Å². The zero-order valence-electron chi connectivity index (χ0n) is 10.1. The molecule has 1 N–H and O–H groups in total. The van der Waals surface area contributed by atoms with E-state index >= 15 is 0 Å². The van der Waals surface area contributed by atoms with Crippen LogP contribution in [0.1, 0.15) is 11.6 Å². The van der Waals surface area contributed by atoms with E-state index in [0.717, 1.165) is 12.1 Å². The Morgan fingerprint density at radius 1 is 1.21 bits per heavy atom. The lowest BCUT2D eigenvalue weighted by atomic mass is 10.0. The second-order valence-electron chi connectivity index (χ2n) is 4.24. The van der Waals surface area contributed by atoms with Crippen molar-refractivity contribution in [1.29, 1.82) is 0 Å². The summed E-state index contributed by atoms with van der Waals surface area (Å²) in [6.07, 6.45) is 0. The third-order valence-corrected chi connectivity index (χ3v) is 3.33. The molecule has 1 aromatic rings. The van der Waals surface area contributed by atoms with Gasteiger partial charge in [0.05, 0.1) is 6.04 Å². The predicted molar refractivity (Wildman–Crippen MR) is 71.8 cm³/mol. The summed E-state index contributed by atoms with van der Waals surface area (Å²) in [6.45, 7) is 1.68. The summed E-state index contributed by atoms with van der Waals surface area (Å²) >= 11 is 5.56. The van der Waals surface area contributed by atoms with Gasteiger partial charge in [-0.2, -0.15) is 0 Å². The second-order valence-corrected chi connectivity index (χ2v) is 4.68. The van der Waals surface area contributed by atoms with Crippen LogP contribution in [0.2, 0.25) is 5.02 Å². The van der Waals surface area contributed by atoms with Gasteiger partial charge >= 0.3 is 0 Å². The van der Waals surface area contributed by atoms with Crippen LogP contribution in [-0.2, 0) is 0 Å². The van der Waals surface area contributed by atoms with Gasteiger partial charge in [-0.05, 0) is 12.1 Å². The molecule has 1 heterocycles. The molecule has 0 saturated carbocycles. The highest BCUT2D eigenvalue weighted by Crippen LogP contribution is 2.29. The maximum atomic E-state index is 13.8. The molecule has 0 aliphatic carbocycles. The van der Waals surface area contributed by atoms with Gasteiger partial charge in [0.25, 0.3) is 0 Å². The Balaban J connectivity index is 0.00000180. The summed E-state index contributed by atoms with van der Waals surface area (Å²) in [6, 6.07) is 1.15. The molecule has 1 saturated heterocycles. The third-order valence-electron chi connectivity index (χ3n) is 3.12. The Labute approximate surface area is 121 Å². The molecular weight excluding hydrogens is 300 g/mol. The minimum Gasteiger partial charge on any atom is -0.314 e. The van der Waals surface area contributed by atoms with Gasteiger partial charge < -0.3 is 5.32 Å². The first-order chi connectivity index (χ1) is 8.63. The summed E-state index contributed by atoms with van der Waals surface area (Å²) < 4.78 is 40.7. The van der Waals surface area contributed by atoms with Gasteiger partial charge in [-0.1, -0.05) is 11.6 Å². The smallest absolute Gasteiger partial charge is 0.132 e. The van der Waals surface area contributed by atoms with Crippen molar-refractivity contribution in [2.45, 2.75) is 6.04 Å². The molecule has 0 radical (unpaired) electrons. The molecular formula is C12H15Cl2F3N2. The highest BCUT2D eigenvalue weighted by molar-refractivity contribution is 6.30. The summed E-state index contributed by atoms with van der Waals surface area (Å²) in [5, 5.41) is 3.09. The van der Waals surface area contributed by atoms with Gasteiger partial charge in [0.2, 0.25) is 0 Å². The van der Waals surface area contributed by atoms with Crippen LogP contribution in [-0.4, -0.2) is 37.8 Å². The van der Waals surface area contributed by atoms with E-state index in [9.17, 15) is 13.2 Å². The molecule has 0 spiro atoms. The number of rotatable bonds is 3. The van der Waals surface area contributed by atoms with Gasteiger partial charge in [-0.15, -0.1) is 12.4 Å². The van der Waals surface area contributed by atoms with E-state index in [1.165, 1.54) is 0 Å². The monoisotopic (exact) mass is 314 g/mol. The minimum atomic E-state index is -0.885. The molecule has 1 aliphatic heterocycles. The van der Waals surface area contributed by atoms with Crippen molar-refractivity contribution in [2.75, 3.05) is 32.9 Å². The van der Waals surface area contributed by atoms with Crippen molar-refractivity contribution < 1.29 is 13.2 Å². The molecule has 1 aliphatic rings. The van der Waals surface area contributed by atoms with Crippen LogP contribution in [0.15, 0.2) is 12.1 Å². The van der Waals surface area contributed by atoms with Crippen LogP contribution in [0.25, 0.3) is 0 Å². The Kier molecular flexibility index (Phi) is 6.39. The van der Waals surface area contributed by atoms with Crippen molar-refractivity contribution in [3.63, 3.8) is 0 Å². The molecule has 0 unspecified atom stereocenters. The Bertz CT molecular complexity index is 402. The standard InChI is InChI=1S/C12H14ClF3N2.ClH/c13-8-5-9(15)12(10(16)6-8)11(7-14)18-3-1-17-2-4-18;/h5-6,11,17H,1-4,7H2;1H/t11-;/m1./s1. The molecule has 108 valence electrons. The van der Waals surface area contributed by atoms with E-state index in [-0.39, 0.29) is 23.0 Å². The summed E-state index contributed by atoms with van der Waals surface area (Å²) in [4.78, 5) is 1.74. The highest BCUT2D eigenvalue weighted by atomic mass is 35.5. The van der Waals surface area contributed by atoms with Crippen LogP contribution >= 0.6 is 24.0 Å². The fraction of sp³-hybridized carbons (Fsp3) is 0.500. The normalized spacial score (nSPS) is 17.9. The number of nitrogens with zero attached hydrogens (tertiary/aromatic N) is 1. The van der Waals surface area contributed by atoms with Gasteiger partial charge in [0.15, 0.2) is 0 Å². The van der Waals surface area contributed by atoms with Gasteiger partial charge in [0.1, 0.15) is 18.3 Å². The van der Waals surface area contributed by atoms with Crippen LogP contribution < -0.4 is 5.32 Å². The molecule has 19 heavy (non-hydrogen) atoms. The van der Waals surface area contributed by atoms with Gasteiger partial charge in [0, 0.05) is 36.8 Å². The number of hydrogen-bond acceptors (Lipinski definition) is 2. The maximum absolute atomic E-state index is 13.8. The van der Waals surface area contributed by atoms with Crippen LogP contribution in [0, 0.1) is 11.6 Å². The van der Waals surface area contributed by atoms with E-state index in [0.29, 0.717) is 26.2 Å². The van der Waals surface area contributed by atoms with Gasteiger partial charge in [-0.3, -0.25) is 4.90 Å². The summed E-state index contributed by atoms with van der Waals surface area (Å²) in [7, 11) is 0. The number of benzene rings is 1. The molecule has 0 aromatic heterocycles. The molecule has 7 heteroatoms. The number of halogens is 5. The predicted octanol–water partition coefficient (Wildman–Crippen LogP) is 2.96. The van der Waals surface area contributed by atoms with E-state index in [1.54, 1.807) is 4.90 Å². The van der Waals surface area contributed by atoms with Crippen molar-refractivity contribution in [2.24, 2.45) is 0 Å². The molecule has 2 rings (SSSR count). The van der Waals surface area contributed by atoms with Crippen molar-refractivity contribution in [3.8, 4) is 0 Å². The van der Waals surface area contributed by atoms with Crippen LogP contribution in [0.5, 0.6) is 0 Å². The quantitative estimate of drug-likeness (QED) is 0.922. The zero-order chi connectivity index (χ0) is 13.1. The topological polar surface area (TPSA) is 15.3 Å². The first kappa shape index (κ1) is 16.6. The average Bonchev–Trinajstić information content (AvgIpc) is 2.34. The van der Waals surface area contributed by atoms with Crippen molar-refractivity contribution in [1.82, 2.24) is 10.2 Å². The summed E-state index contributed by atoms with van der Waals surface area (Å²) in [5.74, 6) is -1.58. The SMILES string of the molecule is Cl.FC[C@H](c1c(F)cc(Cl)cc1F)N1CCNCC1. The van der Waals surface area contributed by atoms with Gasteiger partial charge in [-0.25, -0.2) is 13.2 Å². The number of alkyl halides is 1. The number of hydrogen-bond donors (Lipinski definition) is 1. The lowest BCUT2D eigenvalue weighted by Crippen LogP contribution is -2.46. The van der Waals surface area contributed by atoms with Crippen LogP contribution in [0.3, 0.4) is 0 Å². The van der Waals surface area contributed by atoms with E-state index in [4.69, 9.17) is 11.6 Å². The first-order valence-electron chi connectivity index (χ1n) is 5.78. The number of piperazine rings is 1. The molecule has 1 aromatic carbocycles. The summed E-state index contributed by atoms with van der Waals surface area (Å²) in [5.41, 5.74) is -0.233. The maximum Gasteiger partial charge on any atom is 0.132 e. The molecule has 2 nitrogen and oxygen atoms in total. The second kappa shape index (κ2) is 7.33. The first-order valence-corrected chi connectivity index (χ1v) is 6.16. The Hall–Kier alpha value is -0.490. The fourth-order valence-corrected chi connectivity index (χ4v) is 2.41. The lowest BCUT2D eigenvalue weighted by Gasteiger charge is -2.33. The molecule has 1 atom stereocenters. The largest absolute Gasteiger partial charge is 0.314 e. The van der Waals surface area contributed by atoms with Crippen molar-refractivity contribution in [3.05, 3.63) is 34.4 Å². The van der Waals surface area contributed by atoms with E-state index < -0.39 is 24.4 Å². The average molecular weight is 315 g/mol. The zero-order valence-corrected chi connectivity index (χ0v) is 11.7. The minimum absolute atomic E-state index is 0. The highest BCUT2D eigenvalue weighted by Gasteiger charge is 2.27. The lowest BCUT2D eigenvalue weighted by molar-refractivity contribution is 0.141. The fourth-order valence-electron chi connectivity index (χ4n) is 2.22. The molecule has 0 amide bonds. The van der Waals surface area contributed by atoms with E-state index in [2.05, 4.69) is 5.32 Å². The third kappa shape index (κ3) is 3.75. The number of nitrogens with one attached hydrogen (secondary N) is 1. The molecule has 0 bridgehead atoms. The van der Waals surface area contributed by atoms with Crippen molar-refractivity contribution >= 4 is 24.0 Å². The molecule has 1 fully saturated rings. The Morgan fingerprint density at radius 3 is 2.21 bits per heavy atom. The van der Waals surface area contributed by atoms with Crippen LogP contribution in [0.4, 0.5) is 13.2 Å².